The highest BCUT2D eigenvalue weighted by molar-refractivity contribution is 5.85. The molecule has 2 fully saturated rings. The molecule has 0 aromatic heterocycles. The van der Waals surface area contributed by atoms with Crippen molar-refractivity contribution in [2.75, 3.05) is 13.1 Å². The van der Waals surface area contributed by atoms with Crippen LogP contribution in [-0.4, -0.2) is 25.0 Å². The minimum absolute atomic E-state index is 0. The van der Waals surface area contributed by atoms with Crippen LogP contribution in [-0.2, 0) is 17.6 Å². The maximum atomic E-state index is 13.0. The highest BCUT2D eigenvalue weighted by Crippen LogP contribution is 2.58. The predicted octanol–water partition coefficient (Wildman–Crippen LogP) is 4.55. The van der Waals surface area contributed by atoms with Gasteiger partial charge < -0.3 is 10.6 Å². The van der Waals surface area contributed by atoms with E-state index in [-0.39, 0.29) is 24.4 Å². The van der Waals surface area contributed by atoms with Crippen molar-refractivity contribution in [1.29, 1.82) is 0 Å². The molecule has 1 amide bonds. The Morgan fingerprint density at radius 3 is 1.97 bits per heavy atom. The summed E-state index contributed by atoms with van der Waals surface area (Å²) in [5.41, 5.74) is 3.00. The number of halogens is 1. The van der Waals surface area contributed by atoms with Crippen LogP contribution in [0.5, 0.6) is 0 Å². The summed E-state index contributed by atoms with van der Waals surface area (Å²) in [5, 5.41) is 6.86. The summed E-state index contributed by atoms with van der Waals surface area (Å²) in [4.78, 5) is 13.0. The molecule has 1 aliphatic carbocycles. The third-order valence-corrected chi connectivity index (χ3v) is 6.70. The van der Waals surface area contributed by atoms with Crippen LogP contribution in [0.3, 0.4) is 0 Å². The molecule has 1 saturated heterocycles. The molecule has 2 aromatic rings. The van der Waals surface area contributed by atoms with Crippen molar-refractivity contribution >= 4 is 18.3 Å². The third kappa shape index (κ3) is 5.83. The summed E-state index contributed by atoms with van der Waals surface area (Å²) < 4.78 is 0. The second-order valence-corrected chi connectivity index (χ2v) is 8.62. The number of amides is 1. The lowest BCUT2D eigenvalue weighted by Crippen LogP contribution is -2.39. The lowest BCUT2D eigenvalue weighted by Gasteiger charge is -2.24. The molecule has 1 aliphatic heterocycles. The maximum Gasteiger partial charge on any atom is 0.223 e. The van der Waals surface area contributed by atoms with Gasteiger partial charge in [-0.2, -0.15) is 0 Å². The quantitative estimate of drug-likeness (QED) is 0.667. The zero-order chi connectivity index (χ0) is 19.2. The summed E-state index contributed by atoms with van der Waals surface area (Å²) >= 11 is 0. The molecule has 1 unspecified atom stereocenters. The zero-order valence-corrected chi connectivity index (χ0v) is 17.9. The molecule has 3 nitrogen and oxygen atoms in total. The van der Waals surface area contributed by atoms with Gasteiger partial charge in [-0.1, -0.05) is 60.7 Å². The number of benzene rings is 2. The molecule has 4 rings (SSSR count). The summed E-state index contributed by atoms with van der Waals surface area (Å²) in [6, 6.07) is 21.5. The molecule has 1 saturated carbocycles. The lowest BCUT2D eigenvalue weighted by atomic mass is 9.91. The number of nitrogens with one attached hydrogen (secondary N) is 2. The van der Waals surface area contributed by atoms with Crippen LogP contribution in [0.15, 0.2) is 60.7 Å². The molecule has 2 aromatic carbocycles. The number of aryl methyl sites for hydroxylation is 2. The van der Waals surface area contributed by atoms with E-state index in [1.807, 2.05) is 0 Å². The molecule has 2 aliphatic rings. The van der Waals surface area contributed by atoms with E-state index in [4.69, 9.17) is 0 Å². The van der Waals surface area contributed by atoms with Crippen LogP contribution in [0.4, 0.5) is 0 Å². The Bertz CT molecular complexity index is 715. The van der Waals surface area contributed by atoms with Gasteiger partial charge in [0, 0.05) is 12.0 Å². The average molecular weight is 413 g/mol. The lowest BCUT2D eigenvalue weighted by molar-refractivity contribution is -0.124. The average Bonchev–Trinajstić information content (AvgIpc) is 3.44. The van der Waals surface area contributed by atoms with E-state index in [1.54, 1.807) is 0 Å². The molecule has 29 heavy (non-hydrogen) atoms. The molecule has 1 spiro atoms. The monoisotopic (exact) mass is 412 g/mol. The van der Waals surface area contributed by atoms with Gasteiger partial charge in [-0.05, 0) is 74.6 Å². The molecule has 0 bridgehead atoms. The first-order chi connectivity index (χ1) is 13.8. The topological polar surface area (TPSA) is 41.1 Å². The highest BCUT2D eigenvalue weighted by Gasteiger charge is 2.57. The van der Waals surface area contributed by atoms with Gasteiger partial charge in [-0.15, -0.1) is 12.4 Å². The first-order valence-corrected chi connectivity index (χ1v) is 10.8. The largest absolute Gasteiger partial charge is 0.353 e. The minimum atomic E-state index is 0. The van der Waals surface area contributed by atoms with E-state index < -0.39 is 0 Å². The van der Waals surface area contributed by atoms with E-state index in [2.05, 4.69) is 71.3 Å². The van der Waals surface area contributed by atoms with Crippen LogP contribution in [0.1, 0.15) is 43.2 Å². The summed E-state index contributed by atoms with van der Waals surface area (Å²) in [7, 11) is 0. The fourth-order valence-electron chi connectivity index (χ4n) is 4.76. The van der Waals surface area contributed by atoms with Gasteiger partial charge in [0.15, 0.2) is 0 Å². The van der Waals surface area contributed by atoms with Crippen molar-refractivity contribution in [2.24, 2.45) is 11.3 Å². The number of piperidine rings is 1. The number of hydrogen-bond acceptors (Lipinski definition) is 2. The Hall–Kier alpha value is -1.84. The molecule has 2 N–H and O–H groups in total. The predicted molar refractivity (Wildman–Crippen MR) is 121 cm³/mol. The number of hydrogen-bond donors (Lipinski definition) is 2. The smallest absolute Gasteiger partial charge is 0.223 e. The van der Waals surface area contributed by atoms with E-state index >= 15 is 0 Å². The first-order valence-electron chi connectivity index (χ1n) is 10.8. The molecule has 4 heteroatoms. The van der Waals surface area contributed by atoms with Gasteiger partial charge in [0.1, 0.15) is 0 Å². The Morgan fingerprint density at radius 1 is 0.931 bits per heavy atom. The van der Waals surface area contributed by atoms with E-state index in [0.717, 1.165) is 58.0 Å². The molecule has 0 radical (unpaired) electrons. The van der Waals surface area contributed by atoms with Crippen molar-refractivity contribution in [3.05, 3.63) is 71.8 Å². The zero-order valence-electron chi connectivity index (χ0n) is 17.1. The Kier molecular flexibility index (Phi) is 7.74. The Labute approximate surface area is 181 Å². The normalized spacial score (nSPS) is 19.6. The molecular weight excluding hydrogens is 380 g/mol. The molecular formula is C25H33ClN2O. The van der Waals surface area contributed by atoms with Crippen molar-refractivity contribution in [3.63, 3.8) is 0 Å². The van der Waals surface area contributed by atoms with Gasteiger partial charge in [0.25, 0.3) is 0 Å². The van der Waals surface area contributed by atoms with Crippen LogP contribution in [0.2, 0.25) is 0 Å². The second kappa shape index (κ2) is 10.3. The fraction of sp³-hybridized carbons (Fsp3) is 0.480. The molecule has 1 atom stereocenters. The van der Waals surface area contributed by atoms with Gasteiger partial charge in [-0.3, -0.25) is 4.79 Å². The van der Waals surface area contributed by atoms with Crippen molar-refractivity contribution in [1.82, 2.24) is 10.6 Å². The summed E-state index contributed by atoms with van der Waals surface area (Å²) in [6.07, 6.45) is 7.44. The summed E-state index contributed by atoms with van der Waals surface area (Å²) in [6.45, 7) is 2.13. The van der Waals surface area contributed by atoms with Gasteiger partial charge >= 0.3 is 0 Å². The van der Waals surface area contributed by atoms with E-state index in [0.29, 0.717) is 11.3 Å². The van der Waals surface area contributed by atoms with Crippen molar-refractivity contribution in [3.8, 4) is 0 Å². The van der Waals surface area contributed by atoms with Crippen LogP contribution >= 0.6 is 12.4 Å². The second-order valence-electron chi connectivity index (χ2n) is 8.62. The Balaban J connectivity index is 0.00000240. The third-order valence-electron chi connectivity index (χ3n) is 6.70. The van der Waals surface area contributed by atoms with Crippen molar-refractivity contribution < 1.29 is 4.79 Å². The fourth-order valence-corrected chi connectivity index (χ4v) is 4.76. The standard InChI is InChI=1S/C25H32N2O.ClH/c28-24(23-19-25(23)15-17-26-18-16-25)27-22(13-11-20-7-3-1-4-8-20)14-12-21-9-5-2-6-10-21;/h1-10,22-23,26H,11-19H2,(H,27,28);1H. The van der Waals surface area contributed by atoms with E-state index in [9.17, 15) is 4.79 Å². The van der Waals surface area contributed by atoms with E-state index in [1.165, 1.54) is 11.1 Å². The van der Waals surface area contributed by atoms with Crippen LogP contribution in [0, 0.1) is 11.3 Å². The number of carbonyl (C=O) groups is 1. The van der Waals surface area contributed by atoms with Gasteiger partial charge in [0.2, 0.25) is 5.91 Å². The molecule has 156 valence electrons. The van der Waals surface area contributed by atoms with Crippen molar-refractivity contribution in [2.45, 2.75) is 51.0 Å². The number of rotatable bonds is 8. The Morgan fingerprint density at radius 2 is 1.45 bits per heavy atom. The van der Waals surface area contributed by atoms with Gasteiger partial charge in [-0.25, -0.2) is 0 Å². The summed E-state index contributed by atoms with van der Waals surface area (Å²) in [5.74, 6) is 0.540. The highest BCUT2D eigenvalue weighted by atomic mass is 35.5. The first kappa shape index (κ1) is 21.9. The van der Waals surface area contributed by atoms with Crippen LogP contribution < -0.4 is 10.6 Å². The maximum absolute atomic E-state index is 13.0. The number of carbonyl (C=O) groups excluding carboxylic acids is 1. The SMILES string of the molecule is Cl.O=C(NC(CCc1ccccc1)CCc1ccccc1)C1CC12CCNCC2. The molecule has 1 heterocycles. The van der Waals surface area contributed by atoms with Gasteiger partial charge in [0.05, 0.1) is 0 Å². The minimum Gasteiger partial charge on any atom is -0.353 e. The van der Waals surface area contributed by atoms with Crippen LogP contribution in [0.25, 0.3) is 0 Å².